The van der Waals surface area contributed by atoms with E-state index in [-0.39, 0.29) is 5.60 Å². The fourth-order valence-electron chi connectivity index (χ4n) is 1.54. The molecule has 0 spiro atoms. The summed E-state index contributed by atoms with van der Waals surface area (Å²) in [6.07, 6.45) is 1.88. The highest BCUT2D eigenvalue weighted by Gasteiger charge is 2.20. The maximum atomic E-state index is 5.40. The highest BCUT2D eigenvalue weighted by atomic mass is 32.1. The van der Waals surface area contributed by atoms with Crippen LogP contribution >= 0.6 is 11.3 Å². The number of aromatic nitrogens is 2. The molecule has 92 valence electrons. The van der Waals surface area contributed by atoms with Crippen LogP contribution < -0.4 is 5.32 Å². The van der Waals surface area contributed by atoms with Crippen molar-refractivity contribution in [3.8, 4) is 0 Å². The average molecular weight is 243 g/mol. The summed E-state index contributed by atoms with van der Waals surface area (Å²) in [6.45, 7) is 8.39. The van der Waals surface area contributed by atoms with Crippen LogP contribution in [-0.2, 0) is 11.2 Å². The predicted octanol–water partition coefficient (Wildman–Crippen LogP) is 2.72. The molecule has 16 heavy (non-hydrogen) atoms. The van der Waals surface area contributed by atoms with E-state index in [4.69, 9.17) is 4.74 Å². The largest absolute Gasteiger partial charge is 0.379 e. The zero-order valence-electron chi connectivity index (χ0n) is 10.7. The lowest BCUT2D eigenvalue weighted by molar-refractivity contribution is 0.0128. The molecule has 0 amide bonds. The van der Waals surface area contributed by atoms with E-state index in [1.165, 1.54) is 0 Å². The quantitative estimate of drug-likeness (QED) is 0.834. The topological polar surface area (TPSA) is 47.0 Å². The van der Waals surface area contributed by atoms with Gasteiger partial charge in [0.15, 0.2) is 0 Å². The number of nitrogens with one attached hydrogen (secondary N) is 1. The predicted molar refractivity (Wildman–Crippen MR) is 68.1 cm³/mol. The normalized spacial score (nSPS) is 13.8. The van der Waals surface area contributed by atoms with Crippen molar-refractivity contribution in [1.29, 1.82) is 0 Å². The second-order valence-corrected chi connectivity index (χ2v) is 5.63. The van der Waals surface area contributed by atoms with Crippen LogP contribution in [0.1, 0.15) is 39.1 Å². The van der Waals surface area contributed by atoms with Gasteiger partial charge in [0.25, 0.3) is 0 Å². The summed E-state index contributed by atoms with van der Waals surface area (Å²) in [7, 11) is 1.74. The minimum Gasteiger partial charge on any atom is -0.379 e. The highest BCUT2D eigenvalue weighted by molar-refractivity contribution is 7.15. The molecule has 1 aromatic heterocycles. The Bertz CT molecular complexity index is 325. The number of anilines is 1. The molecule has 1 atom stereocenters. The van der Waals surface area contributed by atoms with Crippen molar-refractivity contribution in [2.24, 2.45) is 0 Å². The molecule has 1 N–H and O–H groups in total. The van der Waals surface area contributed by atoms with Crippen LogP contribution in [0.4, 0.5) is 5.13 Å². The zero-order chi connectivity index (χ0) is 12.2. The van der Waals surface area contributed by atoms with Gasteiger partial charge in [0.1, 0.15) is 5.01 Å². The Morgan fingerprint density at radius 3 is 2.62 bits per heavy atom. The van der Waals surface area contributed by atoms with E-state index in [0.29, 0.717) is 6.04 Å². The van der Waals surface area contributed by atoms with Crippen LogP contribution in [0, 0.1) is 0 Å². The van der Waals surface area contributed by atoms with Crippen LogP contribution in [0.5, 0.6) is 0 Å². The summed E-state index contributed by atoms with van der Waals surface area (Å²) >= 11 is 1.62. The van der Waals surface area contributed by atoms with Gasteiger partial charge in [-0.25, -0.2) is 0 Å². The lowest BCUT2D eigenvalue weighted by Crippen LogP contribution is -2.31. The minimum atomic E-state index is -0.106. The van der Waals surface area contributed by atoms with Gasteiger partial charge in [-0.05, 0) is 33.6 Å². The van der Waals surface area contributed by atoms with Crippen molar-refractivity contribution in [2.45, 2.75) is 52.2 Å². The van der Waals surface area contributed by atoms with Crippen molar-refractivity contribution in [3.05, 3.63) is 5.01 Å². The Morgan fingerprint density at radius 1 is 1.44 bits per heavy atom. The molecule has 4 nitrogen and oxygen atoms in total. The Labute approximate surface area is 101 Å². The Morgan fingerprint density at radius 2 is 2.12 bits per heavy atom. The number of methoxy groups -OCH3 is 1. The molecule has 0 saturated carbocycles. The van der Waals surface area contributed by atoms with E-state index in [2.05, 4.69) is 43.2 Å². The third-order valence-electron chi connectivity index (χ3n) is 2.49. The Kier molecular flexibility index (Phi) is 4.68. The molecule has 1 heterocycles. The molecule has 0 fully saturated rings. The zero-order valence-corrected chi connectivity index (χ0v) is 11.5. The number of hydrogen-bond donors (Lipinski definition) is 1. The van der Waals surface area contributed by atoms with Gasteiger partial charge in [0, 0.05) is 13.2 Å². The van der Waals surface area contributed by atoms with Crippen LogP contribution in [0.15, 0.2) is 0 Å². The number of rotatable bonds is 6. The third-order valence-corrected chi connectivity index (χ3v) is 3.49. The molecule has 0 radical (unpaired) electrons. The lowest BCUT2D eigenvalue weighted by atomic mass is 10.0. The fourth-order valence-corrected chi connectivity index (χ4v) is 2.33. The molecule has 0 aliphatic carbocycles. The second kappa shape index (κ2) is 5.59. The number of nitrogens with zero attached hydrogens (tertiary/aromatic N) is 2. The van der Waals surface area contributed by atoms with E-state index in [0.717, 1.165) is 23.0 Å². The highest BCUT2D eigenvalue weighted by Crippen LogP contribution is 2.21. The van der Waals surface area contributed by atoms with Gasteiger partial charge in [-0.3, -0.25) is 0 Å². The third kappa shape index (κ3) is 4.06. The minimum absolute atomic E-state index is 0.106. The van der Waals surface area contributed by atoms with E-state index in [1.807, 2.05) is 0 Å². The van der Waals surface area contributed by atoms with Crippen molar-refractivity contribution in [3.63, 3.8) is 0 Å². The van der Waals surface area contributed by atoms with E-state index < -0.39 is 0 Å². The maximum Gasteiger partial charge on any atom is 0.205 e. The smallest absolute Gasteiger partial charge is 0.205 e. The van der Waals surface area contributed by atoms with Crippen LogP contribution in [0.3, 0.4) is 0 Å². The first-order valence-corrected chi connectivity index (χ1v) is 6.42. The van der Waals surface area contributed by atoms with Crippen LogP contribution in [0.25, 0.3) is 0 Å². The summed E-state index contributed by atoms with van der Waals surface area (Å²) < 4.78 is 5.40. The fraction of sp³-hybridized carbons (Fsp3) is 0.818. The molecule has 0 bridgehead atoms. The standard InChI is InChI=1S/C11H21N3OS/c1-6-9-13-14-10(16-9)12-8(2)7-11(3,4)15-5/h8H,6-7H2,1-5H3,(H,12,14). The molecular formula is C11H21N3OS. The summed E-state index contributed by atoms with van der Waals surface area (Å²) in [4.78, 5) is 0. The van der Waals surface area contributed by atoms with Crippen molar-refractivity contribution in [2.75, 3.05) is 12.4 Å². The molecule has 5 heteroatoms. The summed E-state index contributed by atoms with van der Waals surface area (Å²) in [5.41, 5.74) is -0.106. The van der Waals surface area contributed by atoms with Crippen molar-refractivity contribution < 1.29 is 4.74 Å². The molecule has 0 aliphatic rings. The van der Waals surface area contributed by atoms with Gasteiger partial charge >= 0.3 is 0 Å². The molecule has 0 aliphatic heterocycles. The first kappa shape index (κ1) is 13.4. The molecule has 1 aromatic rings. The van der Waals surface area contributed by atoms with E-state index in [1.54, 1.807) is 18.4 Å². The van der Waals surface area contributed by atoms with Gasteiger partial charge in [-0.15, -0.1) is 10.2 Å². The van der Waals surface area contributed by atoms with Crippen LogP contribution in [0.2, 0.25) is 0 Å². The number of aryl methyl sites for hydroxylation is 1. The Hall–Kier alpha value is -0.680. The lowest BCUT2D eigenvalue weighted by Gasteiger charge is -2.26. The summed E-state index contributed by atoms with van der Waals surface area (Å²) in [5, 5.41) is 13.5. The van der Waals surface area contributed by atoms with Gasteiger partial charge in [0.05, 0.1) is 5.60 Å². The first-order valence-electron chi connectivity index (χ1n) is 5.61. The van der Waals surface area contributed by atoms with Gasteiger partial charge in [-0.1, -0.05) is 18.3 Å². The van der Waals surface area contributed by atoms with Crippen LogP contribution in [-0.4, -0.2) is 29.0 Å². The average Bonchev–Trinajstić information content (AvgIpc) is 2.64. The van der Waals surface area contributed by atoms with Crippen molar-refractivity contribution >= 4 is 16.5 Å². The maximum absolute atomic E-state index is 5.40. The second-order valence-electron chi connectivity index (χ2n) is 4.57. The number of ether oxygens (including phenoxy) is 1. The first-order chi connectivity index (χ1) is 7.46. The number of hydrogen-bond acceptors (Lipinski definition) is 5. The summed E-state index contributed by atoms with van der Waals surface area (Å²) in [5.74, 6) is 0. The van der Waals surface area contributed by atoms with E-state index in [9.17, 15) is 0 Å². The van der Waals surface area contributed by atoms with Gasteiger partial charge in [-0.2, -0.15) is 0 Å². The monoisotopic (exact) mass is 243 g/mol. The van der Waals surface area contributed by atoms with E-state index >= 15 is 0 Å². The molecular weight excluding hydrogens is 222 g/mol. The SMILES string of the molecule is CCc1nnc(NC(C)CC(C)(C)OC)s1. The molecule has 1 rings (SSSR count). The van der Waals surface area contributed by atoms with Crippen molar-refractivity contribution in [1.82, 2.24) is 10.2 Å². The summed E-state index contributed by atoms with van der Waals surface area (Å²) in [6, 6.07) is 0.326. The van der Waals surface area contributed by atoms with Gasteiger partial charge < -0.3 is 10.1 Å². The molecule has 0 aromatic carbocycles. The molecule has 0 saturated heterocycles. The van der Waals surface area contributed by atoms with Gasteiger partial charge in [0.2, 0.25) is 5.13 Å². The molecule has 1 unspecified atom stereocenters. The Balaban J connectivity index is 2.48.